The fourth-order valence-electron chi connectivity index (χ4n) is 3.09. The number of hydrogen-bond acceptors (Lipinski definition) is 5. The van der Waals surface area contributed by atoms with Gasteiger partial charge in [0, 0.05) is 37.8 Å². The van der Waals surface area contributed by atoms with Crippen molar-refractivity contribution in [2.24, 2.45) is 0 Å². The first-order valence-corrected chi connectivity index (χ1v) is 8.76. The number of piperazine rings is 1. The minimum absolute atomic E-state index is 0.163. The smallest absolute Gasteiger partial charge is 0.415 e. The largest absolute Gasteiger partial charge is 0.451 e. The van der Waals surface area contributed by atoms with E-state index in [1.54, 1.807) is 34.2 Å². The van der Waals surface area contributed by atoms with Gasteiger partial charge >= 0.3 is 6.09 Å². The number of carbonyl (C=O) groups is 2. The molecule has 138 valence electrons. The predicted molar refractivity (Wildman–Crippen MR) is 98.7 cm³/mol. The van der Waals surface area contributed by atoms with Crippen molar-refractivity contribution in [2.45, 2.75) is 6.92 Å². The maximum atomic E-state index is 12.7. The fourth-order valence-corrected chi connectivity index (χ4v) is 3.09. The van der Waals surface area contributed by atoms with E-state index in [1.165, 1.54) is 6.20 Å². The van der Waals surface area contributed by atoms with Gasteiger partial charge in [-0.3, -0.25) is 9.78 Å². The SMILES string of the molecule is Cc1ccc2oc(C(=O)N3CCN(C(=O)Oc4cccnc4)CC3)cc2c1. The van der Waals surface area contributed by atoms with Gasteiger partial charge in [-0.1, -0.05) is 11.6 Å². The first-order chi connectivity index (χ1) is 13.1. The maximum absolute atomic E-state index is 12.7. The highest BCUT2D eigenvalue weighted by molar-refractivity contribution is 5.96. The number of aromatic nitrogens is 1. The van der Waals surface area contributed by atoms with E-state index in [2.05, 4.69) is 4.98 Å². The van der Waals surface area contributed by atoms with Crippen LogP contribution in [-0.4, -0.2) is 53.0 Å². The highest BCUT2D eigenvalue weighted by Crippen LogP contribution is 2.22. The number of rotatable bonds is 2. The molecular formula is C20H19N3O4. The number of ether oxygens (including phenoxy) is 1. The lowest BCUT2D eigenvalue weighted by atomic mass is 10.2. The zero-order valence-corrected chi connectivity index (χ0v) is 14.9. The Kier molecular flexibility index (Phi) is 4.50. The Morgan fingerprint density at radius 1 is 1.07 bits per heavy atom. The van der Waals surface area contributed by atoms with Crippen molar-refractivity contribution in [1.29, 1.82) is 0 Å². The normalized spacial score (nSPS) is 14.4. The van der Waals surface area contributed by atoms with Gasteiger partial charge in [-0.25, -0.2) is 4.79 Å². The summed E-state index contributed by atoms with van der Waals surface area (Å²) in [5.74, 6) is 0.560. The average Bonchev–Trinajstić information content (AvgIpc) is 3.11. The first-order valence-electron chi connectivity index (χ1n) is 8.76. The number of furan rings is 1. The topological polar surface area (TPSA) is 75.9 Å². The second-order valence-electron chi connectivity index (χ2n) is 6.49. The van der Waals surface area contributed by atoms with Crippen molar-refractivity contribution < 1.29 is 18.7 Å². The van der Waals surface area contributed by atoms with Gasteiger partial charge in [0.05, 0.1) is 6.20 Å². The lowest BCUT2D eigenvalue weighted by molar-refractivity contribution is 0.0606. The molecule has 0 spiro atoms. The molecule has 1 saturated heterocycles. The van der Waals surface area contributed by atoms with Crippen LogP contribution in [0.3, 0.4) is 0 Å². The minimum atomic E-state index is -0.436. The maximum Gasteiger partial charge on any atom is 0.415 e. The Morgan fingerprint density at radius 2 is 1.85 bits per heavy atom. The second-order valence-corrected chi connectivity index (χ2v) is 6.49. The van der Waals surface area contributed by atoms with Crippen molar-refractivity contribution >= 4 is 23.0 Å². The van der Waals surface area contributed by atoms with E-state index >= 15 is 0 Å². The number of aryl methyl sites for hydroxylation is 1. The number of nitrogens with zero attached hydrogens (tertiary/aromatic N) is 3. The number of pyridine rings is 1. The van der Waals surface area contributed by atoms with E-state index in [0.29, 0.717) is 43.3 Å². The number of benzene rings is 1. The molecule has 0 aliphatic carbocycles. The average molecular weight is 365 g/mol. The number of hydrogen-bond donors (Lipinski definition) is 0. The van der Waals surface area contributed by atoms with Gasteiger partial charge in [0.15, 0.2) is 11.5 Å². The monoisotopic (exact) mass is 365 g/mol. The number of amides is 2. The molecule has 3 heterocycles. The molecule has 1 aromatic carbocycles. The zero-order chi connectivity index (χ0) is 18.8. The third-order valence-electron chi connectivity index (χ3n) is 4.55. The summed E-state index contributed by atoms with van der Waals surface area (Å²) >= 11 is 0. The Bertz CT molecular complexity index is 975. The van der Waals surface area contributed by atoms with Gasteiger partial charge in [-0.05, 0) is 37.3 Å². The lowest BCUT2D eigenvalue weighted by Crippen LogP contribution is -2.51. The van der Waals surface area contributed by atoms with E-state index in [-0.39, 0.29) is 5.91 Å². The molecule has 0 bridgehead atoms. The standard InChI is InChI=1S/C20H19N3O4/c1-14-4-5-17-15(11-14)12-18(27-17)19(24)22-7-9-23(10-8-22)20(25)26-16-3-2-6-21-13-16/h2-6,11-13H,7-10H2,1H3. The molecule has 3 aromatic rings. The number of fused-ring (bicyclic) bond motifs is 1. The number of carbonyl (C=O) groups excluding carboxylic acids is 2. The van der Waals surface area contributed by atoms with Crippen LogP contribution in [0.5, 0.6) is 5.75 Å². The highest BCUT2D eigenvalue weighted by Gasteiger charge is 2.27. The van der Waals surface area contributed by atoms with Crippen molar-refractivity contribution in [3.63, 3.8) is 0 Å². The van der Waals surface area contributed by atoms with Gasteiger partial charge in [-0.15, -0.1) is 0 Å². The molecule has 4 rings (SSSR count). The summed E-state index contributed by atoms with van der Waals surface area (Å²) in [7, 11) is 0. The molecule has 7 heteroatoms. The van der Waals surface area contributed by atoms with Gasteiger partial charge in [0.2, 0.25) is 0 Å². The van der Waals surface area contributed by atoms with Crippen molar-refractivity contribution in [3.05, 3.63) is 60.1 Å². The van der Waals surface area contributed by atoms with Gasteiger partial charge in [0.25, 0.3) is 5.91 Å². The van der Waals surface area contributed by atoms with Crippen molar-refractivity contribution in [3.8, 4) is 5.75 Å². The van der Waals surface area contributed by atoms with Crippen LogP contribution in [0.4, 0.5) is 4.79 Å². The fraction of sp³-hybridized carbons (Fsp3) is 0.250. The van der Waals surface area contributed by atoms with Crippen molar-refractivity contribution in [2.75, 3.05) is 26.2 Å². The lowest BCUT2D eigenvalue weighted by Gasteiger charge is -2.33. The Hall–Kier alpha value is -3.35. The molecule has 1 aliphatic heterocycles. The molecular weight excluding hydrogens is 346 g/mol. The summed E-state index contributed by atoms with van der Waals surface area (Å²) in [6, 6.07) is 11.0. The molecule has 0 radical (unpaired) electrons. The van der Waals surface area contributed by atoms with E-state index < -0.39 is 6.09 Å². The van der Waals surface area contributed by atoms with Crippen LogP contribution < -0.4 is 4.74 Å². The minimum Gasteiger partial charge on any atom is -0.451 e. The zero-order valence-electron chi connectivity index (χ0n) is 14.9. The third-order valence-corrected chi connectivity index (χ3v) is 4.55. The molecule has 2 amide bonds. The van der Waals surface area contributed by atoms with Crippen LogP contribution in [0, 0.1) is 6.92 Å². The third kappa shape index (κ3) is 3.62. The van der Waals surface area contributed by atoms with Crippen LogP contribution in [0.15, 0.2) is 53.2 Å². The summed E-state index contributed by atoms with van der Waals surface area (Å²) in [4.78, 5) is 32.1. The quantitative estimate of drug-likeness (QED) is 0.697. The molecule has 1 aliphatic rings. The van der Waals surface area contributed by atoms with E-state index in [0.717, 1.165) is 10.9 Å². The van der Waals surface area contributed by atoms with E-state index in [4.69, 9.17) is 9.15 Å². The van der Waals surface area contributed by atoms with E-state index in [1.807, 2.05) is 25.1 Å². The molecule has 2 aromatic heterocycles. The van der Waals surface area contributed by atoms with Gasteiger partial charge in [-0.2, -0.15) is 0 Å². The van der Waals surface area contributed by atoms with Crippen LogP contribution in [0.2, 0.25) is 0 Å². The molecule has 0 saturated carbocycles. The Balaban J connectivity index is 1.38. The highest BCUT2D eigenvalue weighted by atomic mass is 16.6. The van der Waals surface area contributed by atoms with Gasteiger partial charge < -0.3 is 19.0 Å². The molecule has 7 nitrogen and oxygen atoms in total. The molecule has 0 unspecified atom stereocenters. The van der Waals surface area contributed by atoms with Gasteiger partial charge in [0.1, 0.15) is 5.58 Å². The summed E-state index contributed by atoms with van der Waals surface area (Å²) < 4.78 is 11.0. The summed E-state index contributed by atoms with van der Waals surface area (Å²) in [6.45, 7) is 3.67. The van der Waals surface area contributed by atoms with Crippen LogP contribution >= 0.6 is 0 Å². The Labute approximate surface area is 156 Å². The molecule has 27 heavy (non-hydrogen) atoms. The van der Waals surface area contributed by atoms with Crippen LogP contribution in [0.1, 0.15) is 16.1 Å². The molecule has 1 fully saturated rings. The predicted octanol–water partition coefficient (Wildman–Crippen LogP) is 3.09. The van der Waals surface area contributed by atoms with Crippen LogP contribution in [0.25, 0.3) is 11.0 Å². The summed E-state index contributed by atoms with van der Waals surface area (Å²) in [5.41, 5.74) is 1.81. The van der Waals surface area contributed by atoms with E-state index in [9.17, 15) is 9.59 Å². The second kappa shape index (κ2) is 7.11. The summed E-state index contributed by atoms with van der Waals surface area (Å²) in [6.07, 6.45) is 2.66. The summed E-state index contributed by atoms with van der Waals surface area (Å²) in [5, 5.41) is 0.914. The Morgan fingerprint density at radius 3 is 2.59 bits per heavy atom. The first kappa shape index (κ1) is 17.1. The van der Waals surface area contributed by atoms with Crippen molar-refractivity contribution in [1.82, 2.24) is 14.8 Å². The molecule has 0 N–H and O–H groups in total. The molecule has 0 atom stereocenters. The van der Waals surface area contributed by atoms with Crippen LogP contribution in [-0.2, 0) is 0 Å².